The van der Waals surface area contributed by atoms with Crippen molar-refractivity contribution in [3.8, 4) is 11.5 Å². The molecule has 0 unspecified atom stereocenters. The molecule has 2 aromatic carbocycles. The quantitative estimate of drug-likeness (QED) is 0.651. The molecule has 6 nitrogen and oxygen atoms in total. The lowest BCUT2D eigenvalue weighted by Gasteiger charge is -2.13. The van der Waals surface area contributed by atoms with Gasteiger partial charge in [0.05, 0.1) is 19.9 Å². The van der Waals surface area contributed by atoms with Crippen LogP contribution < -0.4 is 20.1 Å². The summed E-state index contributed by atoms with van der Waals surface area (Å²) in [7, 11) is 3.12. The summed E-state index contributed by atoms with van der Waals surface area (Å²) >= 11 is 0. The molecule has 1 amide bonds. The number of amides is 1. The van der Waals surface area contributed by atoms with Crippen molar-refractivity contribution >= 4 is 23.1 Å². The number of carbonyl (C=O) groups is 1. The number of methoxy groups -OCH3 is 2. The van der Waals surface area contributed by atoms with Gasteiger partial charge in [0, 0.05) is 23.5 Å². The zero-order valence-corrected chi connectivity index (χ0v) is 16.4. The Morgan fingerprint density at radius 2 is 1.75 bits per heavy atom. The first-order chi connectivity index (χ1) is 13.5. The largest absolute Gasteiger partial charge is 0.497 e. The Balaban J connectivity index is 1.82. The highest BCUT2D eigenvalue weighted by Gasteiger charge is 2.12. The van der Waals surface area contributed by atoms with E-state index in [1.807, 2.05) is 26.0 Å². The predicted octanol–water partition coefficient (Wildman–Crippen LogP) is 4.71. The standard InChI is InChI=1S/C22H23N3O3/c1-14-5-6-15(2)18(11-14)24-21-12-16(9-10-23-21)22(26)25-19-13-17(27-3)7-8-20(19)28-4/h5-13H,1-4H3,(H,23,24)(H,25,26). The molecule has 3 rings (SSSR count). The molecule has 0 saturated carbocycles. The number of aromatic nitrogens is 1. The van der Waals surface area contributed by atoms with Gasteiger partial charge in [0.1, 0.15) is 17.3 Å². The molecule has 6 heteroatoms. The molecule has 0 spiro atoms. The molecule has 28 heavy (non-hydrogen) atoms. The van der Waals surface area contributed by atoms with E-state index in [9.17, 15) is 4.79 Å². The Morgan fingerprint density at radius 3 is 2.50 bits per heavy atom. The van der Waals surface area contributed by atoms with Gasteiger partial charge in [0.25, 0.3) is 5.91 Å². The minimum Gasteiger partial charge on any atom is -0.497 e. The number of hydrogen-bond donors (Lipinski definition) is 2. The van der Waals surface area contributed by atoms with Crippen LogP contribution in [0.25, 0.3) is 0 Å². The highest BCUT2D eigenvalue weighted by atomic mass is 16.5. The van der Waals surface area contributed by atoms with Crippen LogP contribution in [0.15, 0.2) is 54.7 Å². The van der Waals surface area contributed by atoms with Crippen LogP contribution in [-0.2, 0) is 0 Å². The van der Waals surface area contributed by atoms with Crippen molar-refractivity contribution in [2.75, 3.05) is 24.9 Å². The number of benzene rings is 2. The van der Waals surface area contributed by atoms with Crippen molar-refractivity contribution < 1.29 is 14.3 Å². The normalized spacial score (nSPS) is 10.3. The third kappa shape index (κ3) is 4.40. The maximum atomic E-state index is 12.7. The summed E-state index contributed by atoms with van der Waals surface area (Å²) in [6.07, 6.45) is 1.60. The number of ether oxygens (including phenoxy) is 2. The third-order valence-electron chi connectivity index (χ3n) is 4.33. The second-order valence-corrected chi connectivity index (χ2v) is 6.39. The fourth-order valence-corrected chi connectivity index (χ4v) is 2.75. The average molecular weight is 377 g/mol. The lowest BCUT2D eigenvalue weighted by atomic mass is 10.1. The van der Waals surface area contributed by atoms with Crippen LogP contribution in [0.3, 0.4) is 0 Å². The Bertz CT molecular complexity index is 1000. The number of anilines is 3. The Labute approximate surface area is 164 Å². The monoisotopic (exact) mass is 377 g/mol. The summed E-state index contributed by atoms with van der Waals surface area (Å²) in [5.74, 6) is 1.51. The van der Waals surface area contributed by atoms with Gasteiger partial charge >= 0.3 is 0 Å². The van der Waals surface area contributed by atoms with Crippen molar-refractivity contribution in [2.24, 2.45) is 0 Å². The SMILES string of the molecule is COc1ccc(OC)c(NC(=O)c2ccnc(Nc3cc(C)ccc3C)c2)c1. The van der Waals surface area contributed by atoms with E-state index in [0.717, 1.165) is 16.8 Å². The number of pyridine rings is 1. The average Bonchev–Trinajstić information content (AvgIpc) is 2.71. The topological polar surface area (TPSA) is 72.5 Å². The van der Waals surface area contributed by atoms with E-state index in [-0.39, 0.29) is 5.91 Å². The summed E-state index contributed by atoms with van der Waals surface area (Å²) in [6.45, 7) is 4.05. The van der Waals surface area contributed by atoms with Gasteiger partial charge in [0.15, 0.2) is 0 Å². The van der Waals surface area contributed by atoms with Gasteiger partial charge in [-0.1, -0.05) is 12.1 Å². The second kappa shape index (κ2) is 8.43. The Kier molecular flexibility index (Phi) is 5.79. The Hall–Kier alpha value is -3.54. The van der Waals surface area contributed by atoms with E-state index < -0.39 is 0 Å². The summed E-state index contributed by atoms with van der Waals surface area (Å²) < 4.78 is 10.5. The number of rotatable bonds is 6. The van der Waals surface area contributed by atoms with E-state index in [4.69, 9.17) is 9.47 Å². The van der Waals surface area contributed by atoms with Crippen molar-refractivity contribution in [1.82, 2.24) is 4.98 Å². The van der Waals surface area contributed by atoms with E-state index >= 15 is 0 Å². The van der Waals surface area contributed by atoms with E-state index in [1.54, 1.807) is 50.7 Å². The number of nitrogens with zero attached hydrogens (tertiary/aromatic N) is 1. The molecule has 144 valence electrons. The molecule has 0 aliphatic heterocycles. The maximum absolute atomic E-state index is 12.7. The Morgan fingerprint density at radius 1 is 0.929 bits per heavy atom. The number of carbonyl (C=O) groups excluding carboxylic acids is 1. The number of nitrogens with one attached hydrogen (secondary N) is 2. The minimum atomic E-state index is -0.266. The van der Waals surface area contributed by atoms with Gasteiger partial charge in [-0.05, 0) is 55.3 Å². The first-order valence-corrected chi connectivity index (χ1v) is 8.84. The van der Waals surface area contributed by atoms with E-state index in [2.05, 4.69) is 21.7 Å². The zero-order chi connectivity index (χ0) is 20.1. The van der Waals surface area contributed by atoms with Gasteiger partial charge < -0.3 is 20.1 Å². The highest BCUT2D eigenvalue weighted by molar-refractivity contribution is 6.05. The van der Waals surface area contributed by atoms with Crippen LogP contribution in [0.1, 0.15) is 21.5 Å². The van der Waals surface area contributed by atoms with Crippen LogP contribution in [0, 0.1) is 13.8 Å². The van der Waals surface area contributed by atoms with Crippen molar-refractivity contribution in [3.05, 3.63) is 71.4 Å². The lowest BCUT2D eigenvalue weighted by molar-refractivity contribution is 0.102. The maximum Gasteiger partial charge on any atom is 0.255 e. The van der Waals surface area contributed by atoms with Gasteiger partial charge in [-0.15, -0.1) is 0 Å². The smallest absolute Gasteiger partial charge is 0.255 e. The molecule has 0 aliphatic rings. The molecule has 0 bridgehead atoms. The first kappa shape index (κ1) is 19.2. The van der Waals surface area contributed by atoms with Crippen molar-refractivity contribution in [3.63, 3.8) is 0 Å². The van der Waals surface area contributed by atoms with Crippen LogP contribution >= 0.6 is 0 Å². The zero-order valence-electron chi connectivity index (χ0n) is 16.4. The molecule has 0 atom stereocenters. The van der Waals surface area contributed by atoms with Crippen molar-refractivity contribution in [2.45, 2.75) is 13.8 Å². The molecule has 1 heterocycles. The van der Waals surface area contributed by atoms with Crippen LogP contribution in [0.4, 0.5) is 17.2 Å². The lowest BCUT2D eigenvalue weighted by Crippen LogP contribution is -2.13. The molecule has 0 fully saturated rings. The third-order valence-corrected chi connectivity index (χ3v) is 4.33. The fourth-order valence-electron chi connectivity index (χ4n) is 2.75. The molecule has 0 saturated heterocycles. The number of aryl methyl sites for hydroxylation is 2. The summed E-state index contributed by atoms with van der Waals surface area (Å²) in [5, 5.41) is 6.14. The molecule has 3 aromatic rings. The molecular formula is C22H23N3O3. The molecular weight excluding hydrogens is 354 g/mol. The van der Waals surface area contributed by atoms with Crippen LogP contribution in [-0.4, -0.2) is 25.1 Å². The highest BCUT2D eigenvalue weighted by Crippen LogP contribution is 2.29. The molecule has 0 radical (unpaired) electrons. The fraction of sp³-hybridized carbons (Fsp3) is 0.182. The van der Waals surface area contributed by atoms with Gasteiger partial charge in [-0.2, -0.15) is 0 Å². The second-order valence-electron chi connectivity index (χ2n) is 6.39. The minimum absolute atomic E-state index is 0.266. The van der Waals surface area contributed by atoms with Gasteiger partial charge in [-0.3, -0.25) is 4.79 Å². The van der Waals surface area contributed by atoms with Crippen LogP contribution in [0.2, 0.25) is 0 Å². The summed E-state index contributed by atoms with van der Waals surface area (Å²) in [5.41, 5.74) is 4.22. The van der Waals surface area contributed by atoms with Gasteiger partial charge in [-0.25, -0.2) is 4.98 Å². The number of hydrogen-bond acceptors (Lipinski definition) is 5. The van der Waals surface area contributed by atoms with Crippen molar-refractivity contribution in [1.29, 1.82) is 0 Å². The van der Waals surface area contributed by atoms with E-state index in [1.165, 1.54) is 0 Å². The van der Waals surface area contributed by atoms with Gasteiger partial charge in [0.2, 0.25) is 0 Å². The first-order valence-electron chi connectivity index (χ1n) is 8.84. The van der Waals surface area contributed by atoms with E-state index in [0.29, 0.717) is 28.6 Å². The molecule has 1 aromatic heterocycles. The summed E-state index contributed by atoms with van der Waals surface area (Å²) in [4.78, 5) is 17.1. The molecule has 0 aliphatic carbocycles. The predicted molar refractivity (Wildman–Crippen MR) is 111 cm³/mol. The molecule has 2 N–H and O–H groups in total. The summed E-state index contributed by atoms with van der Waals surface area (Å²) in [6, 6.07) is 14.8. The van der Waals surface area contributed by atoms with Crippen LogP contribution in [0.5, 0.6) is 11.5 Å².